The Bertz CT molecular complexity index is 1280. The van der Waals surface area contributed by atoms with Gasteiger partial charge in [0.05, 0.1) is 21.1 Å². The SMILES string of the molecule is Cc1nnc(SCC2=C(C(=O)OC(CC(=O)[O-])C[N+](C)(C)C)N3C(=O)[C@@H](NC(=O)Cn4cnnn4)[C@H]3SC2)s1. The van der Waals surface area contributed by atoms with Crippen LogP contribution in [-0.4, -0.2) is 120 Å². The molecule has 4 heterocycles. The Labute approximate surface area is 235 Å². The molecule has 210 valence electrons. The molecule has 15 nitrogen and oxygen atoms in total. The molecule has 2 aliphatic heterocycles. The Balaban J connectivity index is 1.54. The van der Waals surface area contributed by atoms with Crippen molar-refractivity contribution in [2.75, 3.05) is 39.2 Å². The maximum Gasteiger partial charge on any atom is 0.355 e. The summed E-state index contributed by atoms with van der Waals surface area (Å²) in [6.07, 6.45) is -0.167. The van der Waals surface area contributed by atoms with Gasteiger partial charge in [-0.05, 0) is 22.9 Å². The molecule has 1 fully saturated rings. The lowest BCUT2D eigenvalue weighted by atomic mass is 10.0. The van der Waals surface area contributed by atoms with Crippen molar-refractivity contribution in [3.8, 4) is 0 Å². The number of likely N-dealkylation sites (N-methyl/N-ethyl adjacent to an activating group) is 1. The van der Waals surface area contributed by atoms with E-state index >= 15 is 0 Å². The number of carboxylic acids is 1. The summed E-state index contributed by atoms with van der Waals surface area (Å²) < 4.78 is 7.95. The number of carbonyl (C=O) groups excluding carboxylic acids is 4. The summed E-state index contributed by atoms with van der Waals surface area (Å²) in [5.74, 6) is -2.33. The van der Waals surface area contributed by atoms with E-state index in [1.165, 1.54) is 50.8 Å². The molecule has 0 spiro atoms. The zero-order valence-electron chi connectivity index (χ0n) is 21.6. The molecule has 1 N–H and O–H groups in total. The normalized spacial score (nSPS) is 19.8. The van der Waals surface area contributed by atoms with Crippen LogP contribution in [0.1, 0.15) is 11.4 Å². The van der Waals surface area contributed by atoms with Gasteiger partial charge in [0.25, 0.3) is 5.91 Å². The number of rotatable bonds is 12. The fourth-order valence-electron chi connectivity index (χ4n) is 4.03. The van der Waals surface area contributed by atoms with Crippen LogP contribution < -0.4 is 10.4 Å². The van der Waals surface area contributed by atoms with Crippen LogP contribution in [0.4, 0.5) is 0 Å². The number of ether oxygens (including phenoxy) is 1. The highest BCUT2D eigenvalue weighted by molar-refractivity contribution is 8.01. The topological polar surface area (TPSA) is 185 Å². The smallest absolute Gasteiger partial charge is 0.355 e. The molecule has 39 heavy (non-hydrogen) atoms. The Morgan fingerprint density at radius 2 is 2.08 bits per heavy atom. The predicted octanol–water partition coefficient (Wildman–Crippen LogP) is -1.96. The lowest BCUT2D eigenvalue weighted by molar-refractivity contribution is -0.873. The molecular weight excluding hydrogens is 570 g/mol. The molecule has 2 aliphatic rings. The zero-order valence-corrected chi connectivity index (χ0v) is 24.0. The average Bonchev–Trinajstić information content (AvgIpc) is 3.50. The highest BCUT2D eigenvalue weighted by atomic mass is 32.2. The molecule has 0 saturated carbocycles. The first kappa shape index (κ1) is 28.9. The number of carboxylic acid groups (broad SMARTS) is 1. The first-order chi connectivity index (χ1) is 18.4. The largest absolute Gasteiger partial charge is 0.550 e. The number of esters is 1. The second kappa shape index (κ2) is 12.0. The van der Waals surface area contributed by atoms with Gasteiger partial charge in [0, 0.05) is 23.9 Å². The molecule has 18 heteroatoms. The van der Waals surface area contributed by atoms with Crippen molar-refractivity contribution in [1.29, 1.82) is 0 Å². The maximum absolute atomic E-state index is 13.5. The number of aliphatic carboxylic acids is 1. The highest BCUT2D eigenvalue weighted by Crippen LogP contribution is 2.42. The fraction of sp³-hybridized carbons (Fsp3) is 0.571. The Morgan fingerprint density at radius 3 is 2.69 bits per heavy atom. The number of hydrogen-bond donors (Lipinski definition) is 1. The molecule has 2 aromatic rings. The molecule has 0 bridgehead atoms. The maximum atomic E-state index is 13.5. The van der Waals surface area contributed by atoms with Gasteiger partial charge in [0.1, 0.15) is 41.5 Å². The number of amides is 2. The number of fused-ring (bicyclic) bond motifs is 1. The number of nitrogens with one attached hydrogen (secondary N) is 1. The Hall–Kier alpha value is -3.09. The van der Waals surface area contributed by atoms with Gasteiger partial charge in [-0.1, -0.05) is 23.1 Å². The number of quaternary nitrogens is 1. The Kier molecular flexibility index (Phi) is 8.87. The summed E-state index contributed by atoms with van der Waals surface area (Å²) in [6, 6.07) is -0.855. The van der Waals surface area contributed by atoms with Crippen LogP contribution in [0.5, 0.6) is 0 Å². The summed E-state index contributed by atoms with van der Waals surface area (Å²) in [5, 5.41) is 33.0. The highest BCUT2D eigenvalue weighted by Gasteiger charge is 2.54. The molecule has 1 saturated heterocycles. The number of hydrogen-bond acceptors (Lipinski definition) is 14. The molecule has 3 atom stereocenters. The molecule has 0 aliphatic carbocycles. The molecular formula is C21H27N9O6S3. The van der Waals surface area contributed by atoms with E-state index in [0.717, 1.165) is 5.01 Å². The second-order valence-electron chi connectivity index (χ2n) is 9.87. The van der Waals surface area contributed by atoms with Crippen molar-refractivity contribution in [3.63, 3.8) is 0 Å². The van der Waals surface area contributed by atoms with Gasteiger partial charge in [-0.3, -0.25) is 14.5 Å². The molecule has 2 amide bonds. The van der Waals surface area contributed by atoms with E-state index in [1.807, 2.05) is 28.1 Å². The van der Waals surface area contributed by atoms with Crippen LogP contribution >= 0.6 is 34.9 Å². The number of nitrogens with zero attached hydrogens (tertiary/aromatic N) is 8. The van der Waals surface area contributed by atoms with E-state index in [-0.39, 0.29) is 18.8 Å². The molecule has 4 rings (SSSR count). The van der Waals surface area contributed by atoms with Crippen LogP contribution in [-0.2, 0) is 30.5 Å². The third-order valence-corrected chi connectivity index (χ3v) is 8.95. The van der Waals surface area contributed by atoms with E-state index in [2.05, 4.69) is 31.0 Å². The Morgan fingerprint density at radius 1 is 1.31 bits per heavy atom. The molecule has 0 radical (unpaired) electrons. The van der Waals surface area contributed by atoms with E-state index in [4.69, 9.17) is 4.74 Å². The van der Waals surface area contributed by atoms with Crippen molar-refractivity contribution in [2.45, 2.75) is 41.7 Å². The minimum Gasteiger partial charge on any atom is -0.550 e. The minimum absolute atomic E-state index is 0.0632. The number of aromatic nitrogens is 6. The van der Waals surface area contributed by atoms with Crippen LogP contribution in [0.3, 0.4) is 0 Å². The lowest BCUT2D eigenvalue weighted by Gasteiger charge is -2.49. The average molecular weight is 598 g/mol. The van der Waals surface area contributed by atoms with Gasteiger partial charge in [0.2, 0.25) is 5.91 Å². The van der Waals surface area contributed by atoms with E-state index in [1.54, 1.807) is 0 Å². The van der Waals surface area contributed by atoms with Crippen molar-refractivity contribution in [3.05, 3.63) is 22.6 Å². The fourth-order valence-corrected chi connectivity index (χ4v) is 7.34. The van der Waals surface area contributed by atoms with Crippen LogP contribution in [0.25, 0.3) is 0 Å². The lowest BCUT2D eigenvalue weighted by Crippen LogP contribution is -2.71. The summed E-state index contributed by atoms with van der Waals surface area (Å²) >= 11 is 4.20. The van der Waals surface area contributed by atoms with Gasteiger partial charge in [-0.2, -0.15) is 0 Å². The quantitative estimate of drug-likeness (QED) is 0.123. The van der Waals surface area contributed by atoms with Crippen molar-refractivity contribution >= 4 is 58.6 Å². The van der Waals surface area contributed by atoms with E-state index in [0.29, 0.717) is 25.9 Å². The monoisotopic (exact) mass is 597 g/mol. The number of β-lactam (4-membered cyclic amide) rings is 1. The standard InChI is InChI=1S/C21H27N9O6S3/c1-11-24-25-21(39-11)38-9-12-8-37-19-16(23-14(31)6-28-10-22-26-27-28)18(34)29(19)17(12)20(35)36-13(5-15(32)33)7-30(2,3)4/h10,13,16,19H,5-9H2,1-4H3,(H-,23,31,32,33)/t13?,16-,19-/m1/s1. The van der Waals surface area contributed by atoms with Crippen LogP contribution in [0.15, 0.2) is 21.9 Å². The van der Waals surface area contributed by atoms with E-state index in [9.17, 15) is 24.3 Å². The van der Waals surface area contributed by atoms with Gasteiger partial charge < -0.3 is 24.4 Å². The van der Waals surface area contributed by atoms with Crippen LogP contribution in [0, 0.1) is 6.92 Å². The van der Waals surface area contributed by atoms with Gasteiger partial charge >= 0.3 is 5.97 Å². The summed E-state index contributed by atoms with van der Waals surface area (Å²) in [5.41, 5.74) is 0.705. The number of carbonyl (C=O) groups is 4. The minimum atomic E-state index is -1.35. The molecule has 0 aromatic carbocycles. The third kappa shape index (κ3) is 7.31. The first-order valence-electron chi connectivity index (χ1n) is 11.7. The zero-order chi connectivity index (χ0) is 28.3. The molecule has 2 aromatic heterocycles. The second-order valence-corrected chi connectivity index (χ2v) is 13.4. The van der Waals surface area contributed by atoms with Crippen molar-refractivity contribution in [1.82, 2.24) is 40.6 Å². The first-order valence-corrected chi connectivity index (χ1v) is 14.6. The summed E-state index contributed by atoms with van der Waals surface area (Å²) in [7, 11) is 5.53. The van der Waals surface area contributed by atoms with Gasteiger partial charge in [-0.25, -0.2) is 9.48 Å². The number of thioether (sulfide) groups is 2. The van der Waals surface area contributed by atoms with Crippen molar-refractivity contribution < 1.29 is 33.5 Å². The summed E-state index contributed by atoms with van der Waals surface area (Å²) in [4.78, 5) is 51.9. The van der Waals surface area contributed by atoms with Crippen LogP contribution in [0.2, 0.25) is 0 Å². The van der Waals surface area contributed by atoms with Gasteiger partial charge in [-0.15, -0.1) is 27.1 Å². The van der Waals surface area contributed by atoms with Crippen molar-refractivity contribution in [2.24, 2.45) is 0 Å². The van der Waals surface area contributed by atoms with E-state index < -0.39 is 47.7 Å². The predicted molar refractivity (Wildman–Crippen MR) is 138 cm³/mol. The summed E-state index contributed by atoms with van der Waals surface area (Å²) in [6.45, 7) is 1.89. The number of tetrazole rings is 1. The number of aryl methyl sites for hydroxylation is 1. The molecule has 1 unspecified atom stereocenters. The third-order valence-electron chi connectivity index (χ3n) is 5.55. The van der Waals surface area contributed by atoms with Gasteiger partial charge in [0.15, 0.2) is 10.4 Å².